The van der Waals surface area contributed by atoms with Crippen LogP contribution in [0.15, 0.2) is 0 Å². The third-order valence-corrected chi connectivity index (χ3v) is 4.43. The summed E-state index contributed by atoms with van der Waals surface area (Å²) in [5, 5.41) is 0. The van der Waals surface area contributed by atoms with Crippen molar-refractivity contribution in [2.75, 3.05) is 0 Å². The zero-order valence-corrected chi connectivity index (χ0v) is 15.0. The minimum absolute atomic E-state index is 0.466. The van der Waals surface area contributed by atoms with Crippen molar-refractivity contribution in [1.82, 2.24) is 0 Å². The van der Waals surface area contributed by atoms with E-state index in [0.717, 1.165) is 0 Å². The normalized spacial score (nSPS) is 12.0. The predicted molar refractivity (Wildman–Crippen MR) is 94.1 cm³/mol. The molecule has 0 amide bonds. The Labute approximate surface area is 130 Å². The van der Waals surface area contributed by atoms with Gasteiger partial charge in [0.25, 0.3) is 0 Å². The van der Waals surface area contributed by atoms with Gasteiger partial charge in [-0.2, -0.15) is 0 Å². The van der Waals surface area contributed by atoms with Crippen LogP contribution in [-0.4, -0.2) is 0 Å². The van der Waals surface area contributed by atoms with E-state index in [1.807, 2.05) is 0 Å². The third-order valence-electron chi connectivity index (χ3n) is 4.43. The van der Waals surface area contributed by atoms with E-state index in [9.17, 15) is 0 Å². The molecule has 0 aromatic carbocycles. The molecule has 1 radical (unpaired) electrons. The van der Waals surface area contributed by atoms with Crippen molar-refractivity contribution < 1.29 is 0 Å². The second kappa shape index (κ2) is 14.0. The van der Waals surface area contributed by atoms with Crippen LogP contribution >= 0.6 is 0 Å². The van der Waals surface area contributed by atoms with Gasteiger partial charge in [0.15, 0.2) is 0 Å². The lowest BCUT2D eigenvalue weighted by Gasteiger charge is -2.24. The molecule has 0 aliphatic rings. The lowest BCUT2D eigenvalue weighted by atomic mass is 9.82. The molecule has 0 heteroatoms. The van der Waals surface area contributed by atoms with Crippen molar-refractivity contribution in [2.45, 2.75) is 118 Å². The van der Waals surface area contributed by atoms with E-state index in [-0.39, 0.29) is 0 Å². The van der Waals surface area contributed by atoms with Crippen molar-refractivity contribution in [3.05, 3.63) is 6.42 Å². The average molecular weight is 282 g/mol. The highest BCUT2D eigenvalue weighted by Crippen LogP contribution is 2.29. The predicted octanol–water partition coefficient (Wildman–Crippen LogP) is 7.72. The molecule has 0 aromatic rings. The molecule has 0 atom stereocenters. The van der Waals surface area contributed by atoms with Gasteiger partial charge in [-0.15, -0.1) is 0 Å². The van der Waals surface area contributed by atoms with E-state index >= 15 is 0 Å². The topological polar surface area (TPSA) is 0 Å². The Morgan fingerprint density at radius 1 is 0.600 bits per heavy atom. The monoisotopic (exact) mass is 281 g/mol. The van der Waals surface area contributed by atoms with Gasteiger partial charge in [0.2, 0.25) is 0 Å². The van der Waals surface area contributed by atoms with Gasteiger partial charge in [0.1, 0.15) is 0 Å². The molecule has 0 spiro atoms. The summed E-state index contributed by atoms with van der Waals surface area (Å²) in [7, 11) is 0. The van der Waals surface area contributed by atoms with Crippen LogP contribution in [0.25, 0.3) is 0 Å². The highest BCUT2D eigenvalue weighted by molar-refractivity contribution is 4.84. The lowest BCUT2D eigenvalue weighted by molar-refractivity contribution is 0.361. The molecule has 121 valence electrons. The number of hydrogen-bond acceptors (Lipinski definition) is 0. The number of rotatable bonds is 15. The molecule has 20 heavy (non-hydrogen) atoms. The zero-order chi connectivity index (χ0) is 15.1. The smallest absolute Gasteiger partial charge is 0.0323 e. The fraction of sp³-hybridized carbons (Fsp3) is 0.950. The van der Waals surface area contributed by atoms with Gasteiger partial charge in [-0.3, -0.25) is 0 Å². The van der Waals surface area contributed by atoms with Crippen molar-refractivity contribution in [1.29, 1.82) is 0 Å². The molecular formula is C20H41. The summed E-state index contributed by atoms with van der Waals surface area (Å²) in [6, 6.07) is 0. The minimum atomic E-state index is 0.466. The summed E-state index contributed by atoms with van der Waals surface area (Å²) in [4.78, 5) is 0. The Balaban J connectivity index is 3.35. The second-order valence-corrected chi connectivity index (χ2v) is 7.27. The van der Waals surface area contributed by atoms with Crippen LogP contribution in [0.2, 0.25) is 0 Å². The molecule has 0 bridgehead atoms. The molecule has 0 aliphatic heterocycles. The van der Waals surface area contributed by atoms with E-state index in [1.165, 1.54) is 89.9 Å². The van der Waals surface area contributed by atoms with E-state index < -0.39 is 0 Å². The van der Waals surface area contributed by atoms with Gasteiger partial charge < -0.3 is 0 Å². The molecule has 0 saturated carbocycles. The van der Waals surface area contributed by atoms with Gasteiger partial charge in [-0.05, 0) is 24.7 Å². The first-order valence-corrected chi connectivity index (χ1v) is 9.46. The molecule has 0 aromatic heterocycles. The number of hydrogen-bond donors (Lipinski definition) is 0. The summed E-state index contributed by atoms with van der Waals surface area (Å²) < 4.78 is 0. The maximum absolute atomic E-state index is 2.59. The van der Waals surface area contributed by atoms with Crippen LogP contribution in [-0.2, 0) is 0 Å². The average Bonchev–Trinajstić information content (AvgIpc) is 2.41. The van der Waals surface area contributed by atoms with Gasteiger partial charge >= 0.3 is 0 Å². The van der Waals surface area contributed by atoms with E-state index in [0.29, 0.717) is 5.41 Å². The van der Waals surface area contributed by atoms with Crippen molar-refractivity contribution in [3.63, 3.8) is 0 Å². The molecule has 0 saturated heterocycles. The summed E-state index contributed by atoms with van der Waals surface area (Å²) in [5.74, 6) is 0. The van der Waals surface area contributed by atoms with Crippen molar-refractivity contribution >= 4 is 0 Å². The highest BCUT2D eigenvalue weighted by Gasteiger charge is 2.16. The standard InChI is InChI=1S/C20H41/c1-5-7-9-11-13-15-17-19-20(3,4)18-16-14-12-10-8-6-2/h18H,5-17,19H2,1-4H3. The minimum Gasteiger partial charge on any atom is -0.0654 e. The first-order valence-electron chi connectivity index (χ1n) is 9.46. The van der Waals surface area contributed by atoms with Crippen molar-refractivity contribution in [3.8, 4) is 0 Å². The molecule has 0 N–H and O–H groups in total. The maximum atomic E-state index is 2.59. The Kier molecular flexibility index (Phi) is 14.0. The molecule has 0 fully saturated rings. The third kappa shape index (κ3) is 14.4. The Morgan fingerprint density at radius 2 is 1.05 bits per heavy atom. The fourth-order valence-electron chi connectivity index (χ4n) is 2.88. The van der Waals surface area contributed by atoms with E-state index in [1.54, 1.807) is 0 Å². The summed E-state index contributed by atoms with van der Waals surface area (Å²) in [6.45, 7) is 9.43. The molecule has 0 unspecified atom stereocenters. The molecular weight excluding hydrogens is 240 g/mol. The first kappa shape index (κ1) is 20.0. The van der Waals surface area contributed by atoms with Crippen LogP contribution in [0.4, 0.5) is 0 Å². The SMILES string of the molecule is CCCCCCC[CH]C(C)(C)CCCCCCCCC. The number of unbranched alkanes of at least 4 members (excludes halogenated alkanes) is 11. The van der Waals surface area contributed by atoms with Crippen LogP contribution in [0, 0.1) is 11.8 Å². The quantitative estimate of drug-likeness (QED) is 0.269. The largest absolute Gasteiger partial charge is 0.0654 e. The Morgan fingerprint density at radius 3 is 1.60 bits per heavy atom. The Hall–Kier alpha value is 0. The van der Waals surface area contributed by atoms with Gasteiger partial charge in [0.05, 0.1) is 0 Å². The van der Waals surface area contributed by atoms with Gasteiger partial charge in [-0.1, -0.05) is 105 Å². The molecule has 0 nitrogen and oxygen atoms in total. The molecule has 0 heterocycles. The van der Waals surface area contributed by atoms with Crippen LogP contribution < -0.4 is 0 Å². The Bertz CT molecular complexity index is 180. The lowest BCUT2D eigenvalue weighted by Crippen LogP contribution is -2.11. The summed E-state index contributed by atoms with van der Waals surface area (Å²) in [6.07, 6.45) is 22.3. The maximum Gasteiger partial charge on any atom is -0.0323 e. The second-order valence-electron chi connectivity index (χ2n) is 7.27. The molecule has 0 aliphatic carbocycles. The van der Waals surface area contributed by atoms with Gasteiger partial charge in [-0.25, -0.2) is 0 Å². The van der Waals surface area contributed by atoms with E-state index in [4.69, 9.17) is 0 Å². The van der Waals surface area contributed by atoms with Gasteiger partial charge in [0, 0.05) is 0 Å². The first-order chi connectivity index (χ1) is 9.62. The van der Waals surface area contributed by atoms with E-state index in [2.05, 4.69) is 34.1 Å². The van der Waals surface area contributed by atoms with Crippen LogP contribution in [0.1, 0.15) is 118 Å². The summed E-state index contributed by atoms with van der Waals surface area (Å²) in [5.41, 5.74) is 0.466. The fourth-order valence-corrected chi connectivity index (χ4v) is 2.88. The van der Waals surface area contributed by atoms with Crippen LogP contribution in [0.5, 0.6) is 0 Å². The van der Waals surface area contributed by atoms with Crippen LogP contribution in [0.3, 0.4) is 0 Å². The van der Waals surface area contributed by atoms with Crippen molar-refractivity contribution in [2.24, 2.45) is 5.41 Å². The summed E-state index contributed by atoms with van der Waals surface area (Å²) >= 11 is 0. The molecule has 0 rings (SSSR count). The highest BCUT2D eigenvalue weighted by atomic mass is 14.2. The zero-order valence-electron chi connectivity index (χ0n) is 15.0.